The molecule has 0 aromatic rings. The van der Waals surface area contributed by atoms with Crippen molar-refractivity contribution < 1.29 is 14.7 Å². The van der Waals surface area contributed by atoms with Gasteiger partial charge < -0.3 is 0 Å². The van der Waals surface area contributed by atoms with Gasteiger partial charge in [-0.25, -0.2) is 0 Å². The molecule has 0 unspecified atom stereocenters. The maximum absolute atomic E-state index is 2.22. The summed E-state index contributed by atoms with van der Waals surface area (Å²) in [5.74, 6) is 0. The van der Waals surface area contributed by atoms with Crippen molar-refractivity contribution in [3.8, 4) is 0 Å². The Kier molecular flexibility index (Phi) is 4.32. The minimum atomic E-state index is 0. The van der Waals surface area contributed by atoms with Crippen molar-refractivity contribution in [1.82, 2.24) is 0 Å². The average molecular weight is 317 g/mol. The molecule has 0 bridgehead atoms. The van der Waals surface area contributed by atoms with Gasteiger partial charge in [-0.2, -0.15) is 0 Å². The fourth-order valence-electron chi connectivity index (χ4n) is 1.08. The van der Waals surface area contributed by atoms with Crippen LogP contribution in [0.15, 0.2) is 45.5 Å². The summed E-state index contributed by atoms with van der Waals surface area (Å²) in [6, 6.07) is 0. The zero-order valence-electron chi connectivity index (χ0n) is 6.62. The molecule has 0 nitrogen and oxygen atoms in total. The van der Waals surface area contributed by atoms with Crippen molar-refractivity contribution in [2.24, 2.45) is 0 Å². The summed E-state index contributed by atoms with van der Waals surface area (Å²) in [6.45, 7) is 0. The molecule has 0 heterocycles. The van der Waals surface area contributed by atoms with Gasteiger partial charge in [0.1, 0.15) is 0 Å². The van der Waals surface area contributed by atoms with Gasteiger partial charge in [0.25, 0.3) is 0 Å². The minimum Gasteiger partial charge on any atom is -0.107 e. The molecule has 67 valence electrons. The smallest absolute Gasteiger partial charge is 0.107 e. The van der Waals surface area contributed by atoms with Crippen LogP contribution in [-0.2, 0) is 14.7 Å². The molecule has 0 saturated heterocycles. The van der Waals surface area contributed by atoms with E-state index >= 15 is 0 Å². The molecule has 12 heavy (non-hydrogen) atoms. The second kappa shape index (κ2) is 5.04. The van der Waals surface area contributed by atoms with E-state index in [1.54, 1.807) is 0 Å². The first-order valence-electron chi connectivity index (χ1n) is 3.77. The fraction of sp³-hybridized carbons (Fsp3) is 0.200. The molecule has 0 aromatic carbocycles. The molecule has 2 aliphatic rings. The van der Waals surface area contributed by atoms with Crippen molar-refractivity contribution in [3.05, 3.63) is 45.5 Å². The summed E-state index contributed by atoms with van der Waals surface area (Å²) in [5, 5.41) is 0. The first kappa shape index (κ1) is 10.3. The van der Waals surface area contributed by atoms with Gasteiger partial charge in [-0.1, -0.05) is 0 Å². The van der Waals surface area contributed by atoms with Crippen LogP contribution in [0.1, 0.15) is 12.8 Å². The van der Waals surface area contributed by atoms with Crippen molar-refractivity contribution in [2.45, 2.75) is 12.8 Å². The van der Waals surface area contributed by atoms with Crippen molar-refractivity contribution in [2.75, 3.05) is 0 Å². The monoisotopic (exact) mass is 317 g/mol. The Morgan fingerprint density at radius 1 is 0.917 bits per heavy atom. The second-order valence-electron chi connectivity index (χ2n) is 2.52. The normalized spacial score (nSPS) is 19.3. The van der Waals surface area contributed by atoms with E-state index in [-0.39, 0.29) is 24.0 Å². The van der Waals surface area contributed by atoms with Gasteiger partial charge in [0.15, 0.2) is 0 Å². The maximum Gasteiger partial charge on any atom is -0.107 e. The quantitative estimate of drug-likeness (QED) is 0.685. The molecular formula is C10H11CoI. The summed E-state index contributed by atoms with van der Waals surface area (Å²) in [6.07, 6.45) is 15.5. The van der Waals surface area contributed by atoms with Crippen LogP contribution in [-0.4, -0.2) is 0 Å². The Balaban J connectivity index is 0.000000720. The number of allylic oxidation sites excluding steroid dienone is 8. The zero-order valence-corrected chi connectivity index (χ0v) is 9.99. The first-order chi connectivity index (χ1) is 5.45. The van der Waals surface area contributed by atoms with Crippen LogP contribution in [0.5, 0.6) is 0 Å². The molecule has 0 N–H and O–H groups in total. The third kappa shape index (κ3) is 2.60. The Hall–Kier alpha value is 0.196. The summed E-state index contributed by atoms with van der Waals surface area (Å²) < 4.78 is 3.05. The third-order valence-electron chi connectivity index (χ3n) is 1.63. The molecule has 0 amide bonds. The van der Waals surface area contributed by atoms with E-state index in [4.69, 9.17) is 0 Å². The third-order valence-corrected chi connectivity index (χ3v) is 3.07. The molecule has 0 fully saturated rings. The predicted octanol–water partition coefficient (Wildman–Crippen LogP) is 3.37. The number of halogens is 1. The van der Waals surface area contributed by atoms with Crippen LogP contribution in [0.25, 0.3) is 0 Å². The molecule has 2 heteroatoms. The minimum absolute atomic E-state index is 0. The Bertz CT molecular complexity index is 244. The van der Waals surface area contributed by atoms with Crippen LogP contribution in [0.3, 0.4) is 0 Å². The number of hydrogen-bond acceptors (Lipinski definition) is 0. The summed E-state index contributed by atoms with van der Waals surface area (Å²) in [7, 11) is 0. The molecule has 0 aliphatic heterocycles. The second-order valence-corrected chi connectivity index (χ2v) is 4.12. The number of hydrogen-bond donors (Lipinski definition) is 0. The van der Waals surface area contributed by atoms with Crippen LogP contribution < -0.4 is 0 Å². The zero-order chi connectivity index (χ0) is 7.52. The van der Waals surface area contributed by atoms with Crippen LogP contribution in [0, 0.1) is 0 Å². The maximum atomic E-state index is 2.22. The predicted molar refractivity (Wildman–Crippen MR) is 59.1 cm³/mol. The molecule has 0 saturated carbocycles. The van der Waals surface area contributed by atoms with E-state index in [1.807, 2.05) is 0 Å². The average Bonchev–Trinajstić information content (AvgIpc) is 2.60. The van der Waals surface area contributed by atoms with Crippen LogP contribution in [0.2, 0.25) is 0 Å². The largest absolute Gasteiger partial charge is 0.107 e. The van der Waals surface area contributed by atoms with E-state index in [9.17, 15) is 0 Å². The molecule has 0 atom stereocenters. The standard InChI is InChI=1S/2C5H5.Co.HI/c2*1-2-4-5-3-1;;/h2*1-3H,4H2;;1H. The first-order valence-corrected chi connectivity index (χ1v) is 4.81. The van der Waals surface area contributed by atoms with E-state index in [0.717, 1.165) is 12.8 Å². The van der Waals surface area contributed by atoms with Gasteiger partial charge in [0.05, 0.1) is 0 Å². The Morgan fingerprint density at radius 3 is 1.75 bits per heavy atom. The van der Waals surface area contributed by atoms with Gasteiger partial charge in [-0.15, -0.1) is 24.0 Å². The van der Waals surface area contributed by atoms with Gasteiger partial charge in [0, 0.05) is 0 Å². The number of rotatable bonds is 2. The van der Waals surface area contributed by atoms with Crippen LogP contribution in [0.4, 0.5) is 0 Å². The Labute approximate surface area is 96.5 Å². The molecule has 0 aromatic heterocycles. The van der Waals surface area contributed by atoms with Gasteiger partial charge in [0.2, 0.25) is 0 Å². The van der Waals surface area contributed by atoms with E-state index in [1.165, 1.54) is 23.7 Å². The summed E-state index contributed by atoms with van der Waals surface area (Å²) in [5.41, 5.74) is 0. The summed E-state index contributed by atoms with van der Waals surface area (Å²) >= 11 is 1.45. The fourth-order valence-corrected chi connectivity index (χ4v) is 2.35. The molecule has 2 aliphatic carbocycles. The van der Waals surface area contributed by atoms with Gasteiger partial charge in [-0.05, 0) is 0 Å². The van der Waals surface area contributed by atoms with Gasteiger partial charge in [-0.3, -0.25) is 0 Å². The van der Waals surface area contributed by atoms with Crippen molar-refractivity contribution in [3.63, 3.8) is 0 Å². The summed E-state index contributed by atoms with van der Waals surface area (Å²) in [4.78, 5) is 0. The Morgan fingerprint density at radius 2 is 1.42 bits per heavy atom. The molecular weight excluding hydrogens is 306 g/mol. The topological polar surface area (TPSA) is 0 Å². The SMILES string of the molecule is C1=CC[C]([Co][C]2=CC=CC2)=C1.I. The van der Waals surface area contributed by atoms with Crippen LogP contribution >= 0.6 is 24.0 Å². The van der Waals surface area contributed by atoms with Gasteiger partial charge >= 0.3 is 73.0 Å². The molecule has 0 spiro atoms. The molecule has 0 radical (unpaired) electrons. The van der Waals surface area contributed by atoms with E-state index in [2.05, 4.69) is 36.5 Å². The van der Waals surface area contributed by atoms with E-state index in [0.29, 0.717) is 0 Å². The van der Waals surface area contributed by atoms with Crippen molar-refractivity contribution >= 4 is 24.0 Å². The van der Waals surface area contributed by atoms with E-state index < -0.39 is 0 Å². The molecule has 2 rings (SSSR count). The van der Waals surface area contributed by atoms with Crippen molar-refractivity contribution in [1.29, 1.82) is 0 Å².